The van der Waals surface area contributed by atoms with Gasteiger partial charge in [0.05, 0.1) is 13.2 Å². The summed E-state index contributed by atoms with van der Waals surface area (Å²) in [6.45, 7) is 9.23. The highest BCUT2D eigenvalue weighted by molar-refractivity contribution is 4.92. The van der Waals surface area contributed by atoms with Crippen LogP contribution in [0.4, 0.5) is 0 Å². The molecule has 0 amide bonds. The van der Waals surface area contributed by atoms with Crippen molar-refractivity contribution in [1.82, 2.24) is 5.32 Å². The topological polar surface area (TPSA) is 30.5 Å². The lowest BCUT2D eigenvalue weighted by molar-refractivity contribution is 0.0291. The fourth-order valence-electron chi connectivity index (χ4n) is 2.30. The Bertz CT molecular complexity index is 167. The maximum atomic E-state index is 5.53. The maximum absolute atomic E-state index is 5.53. The average molecular weight is 215 g/mol. The van der Waals surface area contributed by atoms with Crippen molar-refractivity contribution >= 4 is 0 Å². The predicted octanol–water partition coefficient (Wildman–Crippen LogP) is 1.68. The Morgan fingerprint density at radius 3 is 2.40 bits per heavy atom. The molecule has 3 heteroatoms. The van der Waals surface area contributed by atoms with Crippen molar-refractivity contribution in [3.63, 3.8) is 0 Å². The van der Waals surface area contributed by atoms with Crippen LogP contribution in [0.2, 0.25) is 0 Å². The van der Waals surface area contributed by atoms with Crippen LogP contribution in [-0.4, -0.2) is 40.0 Å². The minimum absolute atomic E-state index is 0.515. The average Bonchev–Trinajstić information content (AvgIpc) is 2.12. The fraction of sp³-hybridized carbons (Fsp3) is 1.00. The van der Waals surface area contributed by atoms with Crippen molar-refractivity contribution in [2.45, 2.75) is 26.7 Å². The van der Waals surface area contributed by atoms with Crippen LogP contribution in [0.1, 0.15) is 26.7 Å². The molecule has 1 heterocycles. The lowest BCUT2D eigenvalue weighted by atomic mass is 9.73. The van der Waals surface area contributed by atoms with Crippen LogP contribution in [0.3, 0.4) is 0 Å². The molecule has 1 saturated heterocycles. The standard InChI is InChI=1S/C12H25NO2/c1-11(2)8-12(9-13-10-12)4-5-15-7-6-14-3/h11,13H,4-10H2,1-3H3. The van der Waals surface area contributed by atoms with Gasteiger partial charge in [0.25, 0.3) is 0 Å². The quantitative estimate of drug-likeness (QED) is 0.625. The number of ether oxygens (including phenoxy) is 2. The molecule has 0 aromatic carbocycles. The summed E-state index contributed by atoms with van der Waals surface area (Å²) >= 11 is 0. The first kappa shape index (κ1) is 12.9. The Morgan fingerprint density at radius 1 is 1.20 bits per heavy atom. The van der Waals surface area contributed by atoms with Gasteiger partial charge in [-0.05, 0) is 24.2 Å². The molecule has 15 heavy (non-hydrogen) atoms. The van der Waals surface area contributed by atoms with Crippen LogP contribution in [-0.2, 0) is 9.47 Å². The van der Waals surface area contributed by atoms with Crippen molar-refractivity contribution in [1.29, 1.82) is 0 Å². The van der Waals surface area contributed by atoms with Gasteiger partial charge in [-0.3, -0.25) is 0 Å². The van der Waals surface area contributed by atoms with Crippen LogP contribution in [0.15, 0.2) is 0 Å². The van der Waals surface area contributed by atoms with E-state index in [-0.39, 0.29) is 0 Å². The lowest BCUT2D eigenvalue weighted by Crippen LogP contribution is -2.54. The summed E-state index contributed by atoms with van der Waals surface area (Å²) in [5, 5.41) is 3.38. The molecule has 0 saturated carbocycles. The molecule has 1 N–H and O–H groups in total. The van der Waals surface area contributed by atoms with E-state index in [1.54, 1.807) is 7.11 Å². The summed E-state index contributed by atoms with van der Waals surface area (Å²) in [6.07, 6.45) is 2.50. The summed E-state index contributed by atoms with van der Waals surface area (Å²) in [5.41, 5.74) is 0.515. The predicted molar refractivity (Wildman–Crippen MR) is 62.1 cm³/mol. The van der Waals surface area contributed by atoms with E-state index >= 15 is 0 Å². The smallest absolute Gasteiger partial charge is 0.0700 e. The number of nitrogens with one attached hydrogen (secondary N) is 1. The highest BCUT2D eigenvalue weighted by Crippen LogP contribution is 2.34. The third-order valence-electron chi connectivity index (χ3n) is 3.05. The van der Waals surface area contributed by atoms with Crippen molar-refractivity contribution in [3.05, 3.63) is 0 Å². The second kappa shape index (κ2) is 6.46. The van der Waals surface area contributed by atoms with Gasteiger partial charge in [-0.2, -0.15) is 0 Å². The molecule has 1 rings (SSSR count). The molecular weight excluding hydrogens is 190 g/mol. The molecule has 1 aliphatic heterocycles. The van der Waals surface area contributed by atoms with Crippen LogP contribution >= 0.6 is 0 Å². The van der Waals surface area contributed by atoms with Gasteiger partial charge in [0.2, 0.25) is 0 Å². The second-order valence-electron chi connectivity index (χ2n) is 5.06. The number of hydrogen-bond donors (Lipinski definition) is 1. The third kappa shape index (κ3) is 4.49. The van der Waals surface area contributed by atoms with E-state index < -0.39 is 0 Å². The van der Waals surface area contributed by atoms with Gasteiger partial charge < -0.3 is 14.8 Å². The van der Waals surface area contributed by atoms with E-state index in [4.69, 9.17) is 9.47 Å². The van der Waals surface area contributed by atoms with Gasteiger partial charge in [0.1, 0.15) is 0 Å². The highest BCUT2D eigenvalue weighted by atomic mass is 16.5. The minimum Gasteiger partial charge on any atom is -0.382 e. The van der Waals surface area contributed by atoms with Crippen molar-refractivity contribution in [2.24, 2.45) is 11.3 Å². The Labute approximate surface area is 93.5 Å². The molecule has 1 aliphatic rings. The van der Waals surface area contributed by atoms with E-state index in [9.17, 15) is 0 Å². The fourth-order valence-corrected chi connectivity index (χ4v) is 2.30. The van der Waals surface area contributed by atoms with Crippen LogP contribution in [0, 0.1) is 11.3 Å². The van der Waals surface area contributed by atoms with E-state index in [0.29, 0.717) is 12.0 Å². The number of rotatable bonds is 8. The van der Waals surface area contributed by atoms with E-state index in [1.807, 2.05) is 0 Å². The van der Waals surface area contributed by atoms with Crippen LogP contribution in [0.25, 0.3) is 0 Å². The zero-order valence-electron chi connectivity index (χ0n) is 10.3. The number of hydrogen-bond acceptors (Lipinski definition) is 3. The first-order valence-electron chi connectivity index (χ1n) is 5.96. The zero-order chi connectivity index (χ0) is 11.1. The lowest BCUT2D eigenvalue weighted by Gasteiger charge is -2.44. The molecule has 0 unspecified atom stereocenters. The van der Waals surface area contributed by atoms with E-state index in [0.717, 1.165) is 19.1 Å². The molecule has 3 nitrogen and oxygen atoms in total. The van der Waals surface area contributed by atoms with E-state index in [2.05, 4.69) is 19.2 Å². The molecule has 0 aromatic heterocycles. The van der Waals surface area contributed by atoms with Gasteiger partial charge >= 0.3 is 0 Å². The Morgan fingerprint density at radius 2 is 1.93 bits per heavy atom. The molecule has 0 atom stereocenters. The maximum Gasteiger partial charge on any atom is 0.0700 e. The van der Waals surface area contributed by atoms with Gasteiger partial charge in [0, 0.05) is 26.8 Å². The minimum atomic E-state index is 0.515. The zero-order valence-corrected chi connectivity index (χ0v) is 10.3. The number of methoxy groups -OCH3 is 1. The van der Waals surface area contributed by atoms with Gasteiger partial charge in [-0.15, -0.1) is 0 Å². The molecule has 0 aliphatic carbocycles. The monoisotopic (exact) mass is 215 g/mol. The highest BCUT2D eigenvalue weighted by Gasteiger charge is 2.36. The third-order valence-corrected chi connectivity index (χ3v) is 3.05. The molecule has 90 valence electrons. The summed E-state index contributed by atoms with van der Waals surface area (Å²) in [7, 11) is 1.71. The summed E-state index contributed by atoms with van der Waals surface area (Å²) in [4.78, 5) is 0. The Balaban J connectivity index is 2.11. The van der Waals surface area contributed by atoms with Gasteiger partial charge in [-0.25, -0.2) is 0 Å². The molecule has 0 spiro atoms. The Kier molecular flexibility index (Phi) is 5.58. The van der Waals surface area contributed by atoms with Gasteiger partial charge in [0.15, 0.2) is 0 Å². The molecule has 0 bridgehead atoms. The first-order chi connectivity index (χ1) is 7.18. The molecular formula is C12H25NO2. The largest absolute Gasteiger partial charge is 0.382 e. The molecule has 1 fully saturated rings. The van der Waals surface area contributed by atoms with Crippen LogP contribution < -0.4 is 5.32 Å². The summed E-state index contributed by atoms with van der Waals surface area (Å²) in [5.74, 6) is 0.783. The van der Waals surface area contributed by atoms with Crippen LogP contribution in [0.5, 0.6) is 0 Å². The molecule has 0 aromatic rings. The normalized spacial score (nSPS) is 19.2. The SMILES string of the molecule is COCCOCCC1(CC(C)C)CNC1. The molecule has 0 radical (unpaired) electrons. The van der Waals surface area contributed by atoms with Crippen molar-refractivity contribution in [2.75, 3.05) is 40.0 Å². The summed E-state index contributed by atoms with van der Waals surface area (Å²) < 4.78 is 10.5. The van der Waals surface area contributed by atoms with Crippen molar-refractivity contribution in [3.8, 4) is 0 Å². The van der Waals surface area contributed by atoms with Crippen molar-refractivity contribution < 1.29 is 9.47 Å². The Hall–Kier alpha value is -0.120. The van der Waals surface area contributed by atoms with E-state index in [1.165, 1.54) is 25.9 Å². The van der Waals surface area contributed by atoms with Gasteiger partial charge in [-0.1, -0.05) is 13.8 Å². The summed E-state index contributed by atoms with van der Waals surface area (Å²) in [6, 6.07) is 0. The second-order valence-corrected chi connectivity index (χ2v) is 5.06. The first-order valence-corrected chi connectivity index (χ1v) is 5.96.